The Morgan fingerprint density at radius 1 is 1.22 bits per heavy atom. The van der Waals surface area contributed by atoms with Gasteiger partial charge in [-0.1, -0.05) is 0 Å². The van der Waals surface area contributed by atoms with Gasteiger partial charge in [0, 0.05) is 12.3 Å². The summed E-state index contributed by atoms with van der Waals surface area (Å²) in [6, 6.07) is 4.52. The fourth-order valence-corrected chi connectivity index (χ4v) is 2.24. The molecule has 2 rings (SSSR count). The van der Waals surface area contributed by atoms with E-state index < -0.39 is 5.82 Å². The molecule has 0 aliphatic carbocycles. The van der Waals surface area contributed by atoms with Crippen LogP contribution < -0.4 is 10.5 Å². The minimum Gasteiger partial charge on any atom is -0.436 e. The number of ether oxygens (including phenoxy) is 1. The van der Waals surface area contributed by atoms with Crippen LogP contribution in [0, 0.1) is 12.7 Å². The minimum absolute atomic E-state index is 0.229. The van der Waals surface area contributed by atoms with E-state index in [2.05, 4.69) is 36.8 Å². The predicted octanol–water partition coefficient (Wildman–Crippen LogP) is 4.43. The van der Waals surface area contributed by atoms with Gasteiger partial charge in [0.25, 0.3) is 0 Å². The first-order chi connectivity index (χ1) is 8.47. The van der Waals surface area contributed by atoms with Crippen molar-refractivity contribution in [3.63, 3.8) is 0 Å². The normalized spacial score (nSPS) is 10.4. The Morgan fingerprint density at radius 3 is 2.61 bits per heavy atom. The first-order valence-corrected chi connectivity index (χ1v) is 6.60. The molecule has 18 heavy (non-hydrogen) atoms. The van der Waals surface area contributed by atoms with E-state index in [9.17, 15) is 4.39 Å². The van der Waals surface area contributed by atoms with Crippen LogP contribution in [0.4, 0.5) is 10.1 Å². The van der Waals surface area contributed by atoms with Crippen molar-refractivity contribution in [1.29, 1.82) is 0 Å². The summed E-state index contributed by atoms with van der Waals surface area (Å²) in [6.07, 6.45) is 1.66. The number of benzene rings is 1. The molecule has 1 heterocycles. The second-order valence-corrected chi connectivity index (χ2v) is 5.41. The van der Waals surface area contributed by atoms with E-state index in [4.69, 9.17) is 10.5 Å². The van der Waals surface area contributed by atoms with E-state index >= 15 is 0 Å². The van der Waals surface area contributed by atoms with Crippen LogP contribution in [0.15, 0.2) is 33.3 Å². The van der Waals surface area contributed by atoms with Gasteiger partial charge in [-0.05, 0) is 56.5 Å². The van der Waals surface area contributed by atoms with Gasteiger partial charge in [0.2, 0.25) is 5.88 Å². The van der Waals surface area contributed by atoms with Crippen molar-refractivity contribution in [3.8, 4) is 11.6 Å². The fourth-order valence-electron chi connectivity index (χ4n) is 1.33. The number of rotatable bonds is 2. The molecule has 2 N–H and O–H groups in total. The predicted molar refractivity (Wildman–Crippen MR) is 75.3 cm³/mol. The van der Waals surface area contributed by atoms with Crippen LogP contribution in [0.1, 0.15) is 5.56 Å². The molecule has 0 unspecified atom stereocenters. The van der Waals surface area contributed by atoms with Crippen LogP contribution >= 0.6 is 31.9 Å². The number of anilines is 1. The number of nitrogen functional groups attached to an aromatic ring is 1. The number of halogens is 3. The average molecular weight is 376 g/mol. The number of pyridine rings is 1. The lowest BCUT2D eigenvalue weighted by atomic mass is 10.3. The van der Waals surface area contributed by atoms with Gasteiger partial charge >= 0.3 is 0 Å². The van der Waals surface area contributed by atoms with Gasteiger partial charge in [-0.3, -0.25) is 0 Å². The molecule has 1 aromatic carbocycles. The second kappa shape index (κ2) is 5.24. The van der Waals surface area contributed by atoms with Crippen molar-refractivity contribution in [1.82, 2.24) is 4.98 Å². The number of nitrogens with two attached hydrogens (primary N) is 1. The second-order valence-electron chi connectivity index (χ2n) is 3.71. The smallest absolute Gasteiger partial charge is 0.233 e. The van der Waals surface area contributed by atoms with Gasteiger partial charge in [0.1, 0.15) is 5.82 Å². The van der Waals surface area contributed by atoms with E-state index in [0.29, 0.717) is 20.5 Å². The van der Waals surface area contributed by atoms with Crippen molar-refractivity contribution >= 4 is 37.5 Å². The zero-order valence-corrected chi connectivity index (χ0v) is 12.5. The minimum atomic E-state index is -0.442. The lowest BCUT2D eigenvalue weighted by Gasteiger charge is -2.10. The molecule has 0 saturated carbocycles. The van der Waals surface area contributed by atoms with Crippen molar-refractivity contribution in [2.75, 3.05) is 5.73 Å². The first kappa shape index (κ1) is 13.3. The highest BCUT2D eigenvalue weighted by Gasteiger charge is 2.11. The van der Waals surface area contributed by atoms with Crippen LogP contribution in [0.2, 0.25) is 0 Å². The fraction of sp³-hybridized carbons (Fsp3) is 0.0833. The molecule has 3 nitrogen and oxygen atoms in total. The molecular weight excluding hydrogens is 367 g/mol. The van der Waals surface area contributed by atoms with Gasteiger partial charge in [0.15, 0.2) is 5.75 Å². The summed E-state index contributed by atoms with van der Waals surface area (Å²) in [7, 11) is 0. The molecule has 0 aliphatic heterocycles. The third kappa shape index (κ3) is 2.81. The zero-order chi connectivity index (χ0) is 13.3. The third-order valence-corrected chi connectivity index (χ3v) is 3.38. The molecule has 0 spiro atoms. The molecule has 0 aliphatic rings. The Balaban J connectivity index is 2.37. The lowest BCUT2D eigenvalue weighted by molar-refractivity contribution is 0.456. The number of hydrogen-bond donors (Lipinski definition) is 1. The van der Waals surface area contributed by atoms with Crippen LogP contribution in [0.5, 0.6) is 11.6 Å². The molecule has 0 radical (unpaired) electrons. The molecule has 0 atom stereocenters. The average Bonchev–Trinajstić information content (AvgIpc) is 2.29. The Kier molecular flexibility index (Phi) is 3.87. The largest absolute Gasteiger partial charge is 0.436 e. The quantitative estimate of drug-likeness (QED) is 0.790. The van der Waals surface area contributed by atoms with E-state index in [1.165, 1.54) is 12.1 Å². The Hall–Kier alpha value is -1.14. The van der Waals surface area contributed by atoms with Crippen molar-refractivity contribution in [2.45, 2.75) is 6.92 Å². The molecule has 0 amide bonds. The summed E-state index contributed by atoms with van der Waals surface area (Å²) < 4.78 is 19.9. The van der Waals surface area contributed by atoms with Crippen molar-refractivity contribution in [2.24, 2.45) is 0 Å². The Morgan fingerprint density at radius 2 is 1.94 bits per heavy atom. The maximum absolute atomic E-state index is 13.4. The van der Waals surface area contributed by atoms with Crippen molar-refractivity contribution in [3.05, 3.63) is 44.7 Å². The highest BCUT2D eigenvalue weighted by atomic mass is 79.9. The van der Waals surface area contributed by atoms with Crippen LogP contribution in [-0.4, -0.2) is 4.98 Å². The van der Waals surface area contributed by atoms with Gasteiger partial charge in [-0.15, -0.1) is 0 Å². The standard InChI is InChI=1S/C12H9Br2FN2O/c1-6-2-8(14)12(17-5-6)18-11-4-9(15)7(13)3-10(11)16/h2-5H,16H2,1H3. The zero-order valence-electron chi connectivity index (χ0n) is 9.38. The summed E-state index contributed by atoms with van der Waals surface area (Å²) in [5.74, 6) is 0.129. The Labute approximate surface area is 120 Å². The summed E-state index contributed by atoms with van der Waals surface area (Å²) in [6.45, 7) is 1.91. The molecule has 0 fully saturated rings. The van der Waals surface area contributed by atoms with Gasteiger partial charge < -0.3 is 10.5 Å². The number of aromatic nitrogens is 1. The first-order valence-electron chi connectivity index (χ1n) is 5.02. The number of aryl methyl sites for hydroxylation is 1. The van der Waals surface area contributed by atoms with Crippen LogP contribution in [-0.2, 0) is 0 Å². The van der Waals surface area contributed by atoms with E-state index in [1.807, 2.05) is 13.0 Å². The van der Waals surface area contributed by atoms with E-state index in [0.717, 1.165) is 5.56 Å². The molecule has 6 heteroatoms. The lowest BCUT2D eigenvalue weighted by Crippen LogP contribution is -1.96. The highest BCUT2D eigenvalue weighted by Crippen LogP contribution is 2.34. The number of hydrogen-bond acceptors (Lipinski definition) is 3. The van der Waals surface area contributed by atoms with Crippen LogP contribution in [0.3, 0.4) is 0 Å². The molecule has 0 bridgehead atoms. The summed E-state index contributed by atoms with van der Waals surface area (Å²) in [4.78, 5) is 4.11. The van der Waals surface area contributed by atoms with E-state index in [1.54, 1.807) is 6.20 Å². The van der Waals surface area contributed by atoms with E-state index in [-0.39, 0.29) is 5.75 Å². The van der Waals surface area contributed by atoms with Gasteiger partial charge in [-0.25, -0.2) is 9.37 Å². The van der Waals surface area contributed by atoms with Gasteiger partial charge in [0.05, 0.1) is 14.6 Å². The maximum Gasteiger partial charge on any atom is 0.233 e. The maximum atomic E-state index is 13.4. The molecule has 0 saturated heterocycles. The topological polar surface area (TPSA) is 48.1 Å². The molecular formula is C12H9Br2FN2O. The highest BCUT2D eigenvalue weighted by molar-refractivity contribution is 9.10. The molecule has 94 valence electrons. The van der Waals surface area contributed by atoms with Crippen molar-refractivity contribution < 1.29 is 9.13 Å². The SMILES string of the molecule is Cc1cnc(Oc2cc(F)c(Br)cc2N)c(Br)c1. The summed E-state index contributed by atoms with van der Waals surface area (Å²) >= 11 is 6.38. The number of nitrogens with zero attached hydrogens (tertiary/aromatic N) is 1. The Bertz CT molecular complexity index is 605. The van der Waals surface area contributed by atoms with Crippen LogP contribution in [0.25, 0.3) is 0 Å². The third-order valence-electron chi connectivity index (χ3n) is 2.20. The summed E-state index contributed by atoms with van der Waals surface area (Å²) in [5, 5.41) is 0. The van der Waals surface area contributed by atoms with Gasteiger partial charge in [-0.2, -0.15) is 0 Å². The summed E-state index contributed by atoms with van der Waals surface area (Å²) in [5.41, 5.74) is 7.07. The molecule has 2 aromatic rings. The monoisotopic (exact) mass is 374 g/mol. The molecule has 1 aromatic heterocycles.